The third-order valence-corrected chi connectivity index (χ3v) is 3.62. The lowest BCUT2D eigenvalue weighted by Gasteiger charge is -2.28. The smallest absolute Gasteiger partial charge is 0.0489 e. The Morgan fingerprint density at radius 3 is 2.60 bits per heavy atom. The van der Waals surface area contributed by atoms with E-state index in [1.54, 1.807) is 0 Å². The highest BCUT2D eigenvalue weighted by atomic mass is 35.5. The monoisotopic (exact) mass is 223 g/mol. The minimum Gasteiger partial charge on any atom is -0.308 e. The molecule has 1 nitrogen and oxygen atoms in total. The average molecular weight is 224 g/mol. The second-order valence-electron chi connectivity index (χ2n) is 4.27. The molecule has 1 N–H and O–H groups in total. The summed E-state index contributed by atoms with van der Waals surface area (Å²) in [6.45, 7) is 0.939. The molecule has 1 saturated carbocycles. The zero-order valence-corrected chi connectivity index (χ0v) is 9.71. The fourth-order valence-corrected chi connectivity index (χ4v) is 2.53. The van der Waals surface area contributed by atoms with Crippen molar-refractivity contribution >= 4 is 11.6 Å². The second-order valence-corrected chi connectivity index (χ2v) is 4.83. The SMILES string of the molecule is ClC1CCCCC1NCc1ccccc1. The molecule has 0 amide bonds. The van der Waals surface area contributed by atoms with Crippen LogP contribution in [0.15, 0.2) is 30.3 Å². The van der Waals surface area contributed by atoms with Gasteiger partial charge in [0.15, 0.2) is 0 Å². The van der Waals surface area contributed by atoms with Gasteiger partial charge in [-0.1, -0.05) is 43.2 Å². The van der Waals surface area contributed by atoms with E-state index in [2.05, 4.69) is 35.6 Å². The summed E-state index contributed by atoms with van der Waals surface area (Å²) in [7, 11) is 0. The van der Waals surface area contributed by atoms with Gasteiger partial charge in [0, 0.05) is 18.0 Å². The Labute approximate surface area is 96.8 Å². The minimum absolute atomic E-state index is 0.322. The maximum Gasteiger partial charge on any atom is 0.0489 e. The predicted molar refractivity (Wildman–Crippen MR) is 65.2 cm³/mol. The van der Waals surface area contributed by atoms with Crippen molar-refractivity contribution in [1.29, 1.82) is 0 Å². The van der Waals surface area contributed by atoms with Crippen LogP contribution in [0.1, 0.15) is 31.2 Å². The maximum absolute atomic E-state index is 6.29. The summed E-state index contributed by atoms with van der Waals surface area (Å²) in [4.78, 5) is 0. The third kappa shape index (κ3) is 3.22. The van der Waals surface area contributed by atoms with E-state index >= 15 is 0 Å². The van der Waals surface area contributed by atoms with Gasteiger partial charge in [-0.25, -0.2) is 0 Å². The summed E-state index contributed by atoms with van der Waals surface area (Å²) in [6.07, 6.45) is 4.99. The maximum atomic E-state index is 6.29. The zero-order chi connectivity index (χ0) is 10.5. The van der Waals surface area contributed by atoms with Crippen LogP contribution in [0, 0.1) is 0 Å². The number of alkyl halides is 1. The molecule has 0 radical (unpaired) electrons. The molecule has 2 rings (SSSR count). The van der Waals surface area contributed by atoms with Gasteiger partial charge in [-0.2, -0.15) is 0 Å². The average Bonchev–Trinajstić information content (AvgIpc) is 2.29. The Balaban J connectivity index is 1.82. The summed E-state index contributed by atoms with van der Waals surface area (Å²) in [5.41, 5.74) is 1.34. The molecule has 0 saturated heterocycles. The molecule has 1 aliphatic carbocycles. The molecular weight excluding hydrogens is 206 g/mol. The Hall–Kier alpha value is -0.530. The molecule has 0 aromatic heterocycles. The van der Waals surface area contributed by atoms with Crippen LogP contribution in [0.4, 0.5) is 0 Å². The molecule has 0 aliphatic heterocycles. The number of halogens is 1. The van der Waals surface area contributed by atoms with Crippen LogP contribution in [0.25, 0.3) is 0 Å². The number of benzene rings is 1. The van der Waals surface area contributed by atoms with Crippen molar-refractivity contribution in [2.45, 2.75) is 43.6 Å². The fraction of sp³-hybridized carbons (Fsp3) is 0.538. The normalized spacial score (nSPS) is 26.5. The highest BCUT2D eigenvalue weighted by molar-refractivity contribution is 6.21. The van der Waals surface area contributed by atoms with Crippen molar-refractivity contribution in [1.82, 2.24) is 5.32 Å². The summed E-state index contributed by atoms with van der Waals surface area (Å²) in [5.74, 6) is 0. The van der Waals surface area contributed by atoms with Crippen LogP contribution < -0.4 is 5.32 Å². The first-order valence-electron chi connectivity index (χ1n) is 5.77. The number of rotatable bonds is 3. The number of hydrogen-bond donors (Lipinski definition) is 1. The van der Waals surface area contributed by atoms with Crippen LogP contribution in [-0.4, -0.2) is 11.4 Å². The van der Waals surface area contributed by atoms with Crippen LogP contribution >= 0.6 is 11.6 Å². The standard InChI is InChI=1S/C13H18ClN/c14-12-8-4-5-9-13(12)15-10-11-6-2-1-3-7-11/h1-3,6-7,12-13,15H,4-5,8-10H2. The molecule has 1 fully saturated rings. The van der Waals surface area contributed by atoms with E-state index in [1.165, 1.54) is 24.8 Å². The van der Waals surface area contributed by atoms with Crippen molar-refractivity contribution < 1.29 is 0 Å². The number of nitrogens with one attached hydrogen (secondary N) is 1. The molecule has 1 aromatic carbocycles. The van der Waals surface area contributed by atoms with E-state index in [1.807, 2.05) is 0 Å². The molecule has 15 heavy (non-hydrogen) atoms. The Bertz CT molecular complexity index is 286. The van der Waals surface area contributed by atoms with E-state index < -0.39 is 0 Å². The lowest BCUT2D eigenvalue weighted by atomic mass is 9.95. The molecule has 2 atom stereocenters. The van der Waals surface area contributed by atoms with Crippen LogP contribution in [0.3, 0.4) is 0 Å². The molecule has 1 aromatic rings. The topological polar surface area (TPSA) is 12.0 Å². The lowest BCUT2D eigenvalue weighted by Crippen LogP contribution is -2.38. The van der Waals surface area contributed by atoms with Crippen molar-refractivity contribution in [3.63, 3.8) is 0 Å². The Morgan fingerprint density at radius 2 is 1.87 bits per heavy atom. The van der Waals surface area contributed by atoms with Crippen LogP contribution in [0.2, 0.25) is 0 Å². The summed E-state index contributed by atoms with van der Waals surface area (Å²) >= 11 is 6.29. The molecule has 2 heteroatoms. The van der Waals surface area contributed by atoms with Gasteiger partial charge < -0.3 is 5.32 Å². The van der Waals surface area contributed by atoms with Crippen molar-refractivity contribution in [2.24, 2.45) is 0 Å². The second kappa shape index (κ2) is 5.53. The third-order valence-electron chi connectivity index (χ3n) is 3.09. The van der Waals surface area contributed by atoms with Gasteiger partial charge in [0.05, 0.1) is 0 Å². The Morgan fingerprint density at radius 1 is 1.13 bits per heavy atom. The van der Waals surface area contributed by atoms with E-state index in [-0.39, 0.29) is 0 Å². The fourth-order valence-electron chi connectivity index (χ4n) is 2.16. The number of hydrogen-bond acceptors (Lipinski definition) is 1. The first-order chi connectivity index (χ1) is 7.36. The first kappa shape index (κ1) is 11.0. The van der Waals surface area contributed by atoms with Gasteiger partial charge >= 0.3 is 0 Å². The Kier molecular flexibility index (Phi) is 4.04. The van der Waals surface area contributed by atoms with Crippen molar-refractivity contribution in [3.05, 3.63) is 35.9 Å². The quantitative estimate of drug-likeness (QED) is 0.776. The largest absolute Gasteiger partial charge is 0.308 e. The molecule has 2 unspecified atom stereocenters. The van der Waals surface area contributed by atoms with Gasteiger partial charge in [0.1, 0.15) is 0 Å². The first-order valence-corrected chi connectivity index (χ1v) is 6.21. The van der Waals surface area contributed by atoms with E-state index in [0.29, 0.717) is 11.4 Å². The molecule has 0 spiro atoms. The van der Waals surface area contributed by atoms with Gasteiger partial charge in [-0.3, -0.25) is 0 Å². The summed E-state index contributed by atoms with van der Waals surface area (Å²) in [6, 6.07) is 11.0. The molecule has 82 valence electrons. The van der Waals surface area contributed by atoms with Gasteiger partial charge in [0.2, 0.25) is 0 Å². The highest BCUT2D eigenvalue weighted by Gasteiger charge is 2.22. The van der Waals surface area contributed by atoms with Gasteiger partial charge in [0.25, 0.3) is 0 Å². The lowest BCUT2D eigenvalue weighted by molar-refractivity contribution is 0.378. The van der Waals surface area contributed by atoms with Gasteiger partial charge in [-0.05, 0) is 18.4 Å². The van der Waals surface area contributed by atoms with E-state index in [4.69, 9.17) is 11.6 Å². The molecular formula is C13H18ClN. The minimum atomic E-state index is 0.322. The van der Waals surface area contributed by atoms with E-state index in [9.17, 15) is 0 Å². The van der Waals surface area contributed by atoms with Gasteiger partial charge in [-0.15, -0.1) is 11.6 Å². The van der Waals surface area contributed by atoms with E-state index in [0.717, 1.165) is 13.0 Å². The molecule has 0 heterocycles. The summed E-state index contributed by atoms with van der Waals surface area (Å²) < 4.78 is 0. The van der Waals surface area contributed by atoms with Crippen molar-refractivity contribution in [2.75, 3.05) is 0 Å². The molecule has 1 aliphatic rings. The highest BCUT2D eigenvalue weighted by Crippen LogP contribution is 2.23. The van der Waals surface area contributed by atoms with Crippen molar-refractivity contribution in [3.8, 4) is 0 Å². The van der Waals surface area contributed by atoms with Crippen LogP contribution in [0.5, 0.6) is 0 Å². The molecule has 0 bridgehead atoms. The predicted octanol–water partition coefficient (Wildman–Crippen LogP) is 3.33. The van der Waals surface area contributed by atoms with Crippen LogP contribution in [-0.2, 0) is 6.54 Å². The zero-order valence-electron chi connectivity index (χ0n) is 8.95. The summed E-state index contributed by atoms with van der Waals surface area (Å²) in [5, 5.41) is 3.88.